The summed E-state index contributed by atoms with van der Waals surface area (Å²) in [6.07, 6.45) is 0.596. The minimum atomic E-state index is -3.16. The lowest BCUT2D eigenvalue weighted by Crippen LogP contribution is -2.03. The summed E-state index contributed by atoms with van der Waals surface area (Å²) in [5, 5.41) is 16.8. The van der Waals surface area contributed by atoms with Gasteiger partial charge in [0.25, 0.3) is 5.95 Å². The second-order valence-electron chi connectivity index (χ2n) is 2.34. The van der Waals surface area contributed by atoms with Crippen molar-refractivity contribution in [2.75, 3.05) is 6.16 Å². The maximum absolute atomic E-state index is 8.77. The number of allylic oxidation sites excluding steroid dienone is 1. The number of hydrogen-bond acceptors (Lipinski definition) is 4. The minimum absolute atomic E-state index is 0.0658. The number of aliphatic hydroxyl groups is 2. The van der Waals surface area contributed by atoms with Gasteiger partial charge in [0.1, 0.15) is 0 Å². The molecular formula is C5H12NO4PS. The molecule has 0 heterocycles. The van der Waals surface area contributed by atoms with E-state index in [4.69, 9.17) is 25.7 Å². The van der Waals surface area contributed by atoms with Gasteiger partial charge < -0.3 is 25.7 Å². The third-order valence-corrected chi connectivity index (χ3v) is 2.63. The highest BCUT2D eigenvalue weighted by molar-refractivity contribution is 8.09. The molecule has 0 aromatic rings. The molecule has 0 spiro atoms. The van der Waals surface area contributed by atoms with E-state index in [1.807, 2.05) is 0 Å². The van der Waals surface area contributed by atoms with Crippen molar-refractivity contribution in [3.8, 4) is 0 Å². The SMILES string of the molecule is NC(CCCP(O)(O)=S)=C(O)O. The Balaban J connectivity index is 3.73. The van der Waals surface area contributed by atoms with Crippen molar-refractivity contribution < 1.29 is 20.0 Å². The predicted molar refractivity (Wildman–Crippen MR) is 49.3 cm³/mol. The second kappa shape index (κ2) is 4.67. The molecule has 12 heavy (non-hydrogen) atoms. The van der Waals surface area contributed by atoms with Crippen LogP contribution in [0.5, 0.6) is 0 Å². The molecule has 0 amide bonds. The average molecular weight is 213 g/mol. The maximum atomic E-state index is 8.77. The Morgan fingerprint density at radius 2 is 1.83 bits per heavy atom. The van der Waals surface area contributed by atoms with E-state index in [9.17, 15) is 0 Å². The summed E-state index contributed by atoms with van der Waals surface area (Å²) in [6.45, 7) is -3.16. The van der Waals surface area contributed by atoms with Crippen LogP contribution in [0, 0.1) is 0 Å². The molecule has 0 aliphatic rings. The van der Waals surface area contributed by atoms with Gasteiger partial charge >= 0.3 is 0 Å². The zero-order valence-electron chi connectivity index (χ0n) is 6.34. The molecule has 0 atom stereocenters. The molecular weight excluding hydrogens is 201 g/mol. The Hall–Kier alpha value is -0.290. The summed E-state index contributed by atoms with van der Waals surface area (Å²) in [4.78, 5) is 17.5. The number of nitrogens with two attached hydrogens (primary N) is 1. The molecule has 0 fully saturated rings. The molecule has 0 bridgehead atoms. The first-order valence-corrected chi connectivity index (χ1v) is 6.13. The first-order valence-electron chi connectivity index (χ1n) is 3.24. The monoisotopic (exact) mass is 213 g/mol. The molecule has 72 valence electrons. The van der Waals surface area contributed by atoms with Crippen LogP contribution in [-0.2, 0) is 11.8 Å². The molecule has 0 unspecified atom stereocenters. The van der Waals surface area contributed by atoms with E-state index in [2.05, 4.69) is 11.8 Å². The van der Waals surface area contributed by atoms with Crippen molar-refractivity contribution in [1.29, 1.82) is 0 Å². The van der Waals surface area contributed by atoms with E-state index in [1.54, 1.807) is 0 Å². The van der Waals surface area contributed by atoms with Crippen molar-refractivity contribution in [1.82, 2.24) is 0 Å². The molecule has 0 saturated carbocycles. The number of rotatable bonds is 4. The summed E-state index contributed by atoms with van der Waals surface area (Å²) in [7, 11) is 0. The third kappa shape index (κ3) is 6.42. The fraction of sp³-hybridized carbons (Fsp3) is 0.600. The van der Waals surface area contributed by atoms with Gasteiger partial charge in [-0.15, -0.1) is 0 Å². The van der Waals surface area contributed by atoms with Crippen LogP contribution < -0.4 is 5.73 Å². The highest BCUT2D eigenvalue weighted by Gasteiger charge is 2.07. The molecule has 0 aromatic heterocycles. The van der Waals surface area contributed by atoms with Crippen LogP contribution in [0.15, 0.2) is 11.6 Å². The Kier molecular flexibility index (Phi) is 4.55. The van der Waals surface area contributed by atoms with Crippen LogP contribution in [0.25, 0.3) is 0 Å². The molecule has 0 saturated heterocycles. The van der Waals surface area contributed by atoms with Crippen LogP contribution in [0.3, 0.4) is 0 Å². The summed E-state index contributed by atoms with van der Waals surface area (Å²) >= 11 is 4.34. The van der Waals surface area contributed by atoms with Gasteiger partial charge in [-0.2, -0.15) is 0 Å². The first-order chi connectivity index (χ1) is 5.33. The van der Waals surface area contributed by atoms with Crippen LogP contribution in [0.1, 0.15) is 12.8 Å². The summed E-state index contributed by atoms with van der Waals surface area (Å²) < 4.78 is 0. The van der Waals surface area contributed by atoms with E-state index in [1.165, 1.54) is 0 Å². The fourth-order valence-corrected chi connectivity index (χ4v) is 1.54. The summed E-state index contributed by atoms with van der Waals surface area (Å²) in [5.41, 5.74) is 5.07. The molecule has 6 N–H and O–H groups in total. The maximum Gasteiger partial charge on any atom is 0.293 e. The van der Waals surface area contributed by atoms with Crippen molar-refractivity contribution in [2.45, 2.75) is 12.8 Å². The van der Waals surface area contributed by atoms with E-state index in [-0.39, 0.29) is 18.3 Å². The quantitative estimate of drug-likeness (QED) is 0.340. The van der Waals surface area contributed by atoms with Crippen LogP contribution in [0.2, 0.25) is 0 Å². The fourth-order valence-electron chi connectivity index (χ4n) is 0.587. The van der Waals surface area contributed by atoms with E-state index in [0.717, 1.165) is 0 Å². The van der Waals surface area contributed by atoms with Gasteiger partial charge in [0.15, 0.2) is 6.49 Å². The normalized spacial score (nSPS) is 11.2. The van der Waals surface area contributed by atoms with Crippen molar-refractivity contribution in [2.24, 2.45) is 5.73 Å². The summed E-state index contributed by atoms with van der Waals surface area (Å²) in [5.74, 6) is -0.917. The smallest absolute Gasteiger partial charge is 0.293 e. The lowest BCUT2D eigenvalue weighted by molar-refractivity contribution is 0.182. The average Bonchev–Trinajstić information content (AvgIpc) is 1.84. The van der Waals surface area contributed by atoms with Crippen LogP contribution >= 0.6 is 6.49 Å². The zero-order valence-corrected chi connectivity index (χ0v) is 8.05. The number of hydrogen-bond donors (Lipinski definition) is 5. The van der Waals surface area contributed by atoms with Crippen molar-refractivity contribution >= 4 is 18.3 Å². The Bertz CT molecular complexity index is 219. The third-order valence-electron chi connectivity index (χ3n) is 1.18. The van der Waals surface area contributed by atoms with Crippen LogP contribution in [0.4, 0.5) is 0 Å². The molecule has 7 heteroatoms. The minimum Gasteiger partial charge on any atom is -0.480 e. The lowest BCUT2D eigenvalue weighted by Gasteiger charge is -2.06. The molecule has 0 aliphatic carbocycles. The van der Waals surface area contributed by atoms with Gasteiger partial charge in [0.2, 0.25) is 0 Å². The Labute approximate surface area is 75.3 Å². The molecule has 0 radical (unpaired) electrons. The van der Waals surface area contributed by atoms with Gasteiger partial charge in [-0.1, -0.05) is 0 Å². The largest absolute Gasteiger partial charge is 0.480 e. The standard InChI is InChI=1S/C5H12NO4PS/c6-4(5(7)8)2-1-3-11(9,10)12/h7-8H,1-3,6H2,(H2,9,10,12). The Morgan fingerprint density at radius 1 is 1.33 bits per heavy atom. The topological polar surface area (TPSA) is 107 Å². The van der Waals surface area contributed by atoms with Crippen LogP contribution in [-0.4, -0.2) is 26.2 Å². The second-order valence-corrected chi connectivity index (χ2v) is 5.87. The van der Waals surface area contributed by atoms with Gasteiger partial charge in [-0.05, 0) is 24.6 Å². The van der Waals surface area contributed by atoms with Gasteiger partial charge in [-0.25, -0.2) is 0 Å². The molecule has 5 nitrogen and oxygen atoms in total. The predicted octanol–water partition coefficient (Wildman–Crippen LogP) is 0.305. The molecule has 0 aromatic carbocycles. The van der Waals surface area contributed by atoms with Gasteiger partial charge in [0, 0.05) is 6.16 Å². The highest BCUT2D eigenvalue weighted by atomic mass is 32.5. The van der Waals surface area contributed by atoms with Gasteiger partial charge in [-0.3, -0.25) is 0 Å². The van der Waals surface area contributed by atoms with E-state index < -0.39 is 12.4 Å². The van der Waals surface area contributed by atoms with Crippen molar-refractivity contribution in [3.05, 3.63) is 11.6 Å². The number of aliphatic hydroxyl groups excluding tert-OH is 1. The van der Waals surface area contributed by atoms with Crippen molar-refractivity contribution in [3.63, 3.8) is 0 Å². The lowest BCUT2D eigenvalue weighted by atomic mass is 10.3. The molecule has 0 aliphatic heterocycles. The van der Waals surface area contributed by atoms with Gasteiger partial charge in [0.05, 0.1) is 5.70 Å². The summed E-state index contributed by atoms with van der Waals surface area (Å²) in [6, 6.07) is 0. The highest BCUT2D eigenvalue weighted by Crippen LogP contribution is 2.36. The first kappa shape index (κ1) is 11.7. The Morgan fingerprint density at radius 3 is 2.17 bits per heavy atom. The van der Waals surface area contributed by atoms with E-state index in [0.29, 0.717) is 6.42 Å². The zero-order chi connectivity index (χ0) is 9.78. The van der Waals surface area contributed by atoms with E-state index >= 15 is 0 Å². The molecule has 0 rings (SSSR count).